The summed E-state index contributed by atoms with van der Waals surface area (Å²) in [5, 5.41) is 11.7. The maximum Gasteiger partial charge on any atom is 0.433 e. The summed E-state index contributed by atoms with van der Waals surface area (Å²) in [5.41, 5.74) is 0.626. The monoisotopic (exact) mass is 574 g/mol. The van der Waals surface area contributed by atoms with Crippen molar-refractivity contribution in [2.24, 2.45) is 0 Å². The lowest BCUT2D eigenvalue weighted by molar-refractivity contribution is -0.142. The molecule has 13 heteroatoms. The van der Waals surface area contributed by atoms with Crippen LogP contribution in [0.5, 0.6) is 5.75 Å². The SMILES string of the molecule is COc1ccc(-c2cc(C(F)(F)F)n3nc(C(=O)Nc4cc(C)n(Cc5ccc(Cl)c(Cl)c5)n4)cc3n2)cc1. The molecule has 1 N–H and O–H groups in total. The number of fused-ring (bicyclic) bond motifs is 1. The molecule has 0 aliphatic rings. The van der Waals surface area contributed by atoms with Crippen molar-refractivity contribution in [2.45, 2.75) is 19.6 Å². The number of carbonyl (C=O) groups is 1. The Kier molecular flexibility index (Phi) is 6.96. The number of benzene rings is 2. The van der Waals surface area contributed by atoms with Crippen LogP contribution in [0.4, 0.5) is 19.0 Å². The first-order valence-electron chi connectivity index (χ1n) is 11.4. The third-order valence-corrected chi connectivity index (χ3v) is 6.61. The van der Waals surface area contributed by atoms with E-state index in [4.69, 9.17) is 27.9 Å². The third-order valence-electron chi connectivity index (χ3n) is 5.88. The standard InChI is InChI=1S/C26H19Cl2F3N6O2/c1-14-9-23(35-36(14)13-15-3-8-18(27)19(28)10-15)33-25(38)21-12-24-32-20(16-4-6-17(39-2)7-5-16)11-22(26(29,30)31)37(24)34-21/h3-12H,13H2,1-2H3,(H,33,35,38). The van der Waals surface area contributed by atoms with Crippen LogP contribution < -0.4 is 10.1 Å². The van der Waals surface area contributed by atoms with E-state index in [0.717, 1.165) is 17.3 Å². The molecule has 39 heavy (non-hydrogen) atoms. The molecule has 0 radical (unpaired) electrons. The highest BCUT2D eigenvalue weighted by Crippen LogP contribution is 2.33. The van der Waals surface area contributed by atoms with Gasteiger partial charge in [0, 0.05) is 23.4 Å². The van der Waals surface area contributed by atoms with Gasteiger partial charge in [0.15, 0.2) is 22.9 Å². The molecule has 8 nitrogen and oxygen atoms in total. The summed E-state index contributed by atoms with van der Waals surface area (Å²) in [6.07, 6.45) is -4.75. The minimum Gasteiger partial charge on any atom is -0.497 e. The molecule has 200 valence electrons. The van der Waals surface area contributed by atoms with Crippen LogP contribution in [0.2, 0.25) is 10.0 Å². The van der Waals surface area contributed by atoms with Crippen molar-refractivity contribution in [2.75, 3.05) is 12.4 Å². The number of amides is 1. The molecule has 5 rings (SSSR count). The van der Waals surface area contributed by atoms with E-state index in [1.54, 1.807) is 60.1 Å². The lowest BCUT2D eigenvalue weighted by Crippen LogP contribution is -2.16. The molecule has 0 saturated heterocycles. The topological polar surface area (TPSA) is 86.3 Å². The molecule has 3 aromatic heterocycles. The summed E-state index contributed by atoms with van der Waals surface area (Å²) in [5.74, 6) is 0.0187. The Morgan fingerprint density at radius 3 is 2.41 bits per heavy atom. The Bertz CT molecular complexity index is 1700. The van der Waals surface area contributed by atoms with E-state index in [1.165, 1.54) is 13.2 Å². The normalized spacial score (nSPS) is 11.7. The number of nitrogens with one attached hydrogen (secondary N) is 1. The second kappa shape index (κ2) is 10.2. The van der Waals surface area contributed by atoms with E-state index in [1.807, 2.05) is 0 Å². The van der Waals surface area contributed by atoms with Gasteiger partial charge in [0.2, 0.25) is 0 Å². The highest BCUT2D eigenvalue weighted by molar-refractivity contribution is 6.42. The summed E-state index contributed by atoms with van der Waals surface area (Å²) in [4.78, 5) is 17.2. The van der Waals surface area contributed by atoms with Crippen LogP contribution >= 0.6 is 23.2 Å². The number of hydrogen-bond acceptors (Lipinski definition) is 5. The number of carbonyl (C=O) groups excluding carboxylic acids is 1. The van der Waals surface area contributed by atoms with Crippen molar-refractivity contribution >= 4 is 40.6 Å². The number of nitrogens with zero attached hydrogens (tertiary/aromatic N) is 5. The molecular formula is C26H19Cl2F3N6O2. The number of halogens is 5. The maximum absolute atomic E-state index is 13.9. The van der Waals surface area contributed by atoms with Crippen LogP contribution in [-0.4, -0.2) is 37.4 Å². The number of anilines is 1. The predicted molar refractivity (Wildman–Crippen MR) is 140 cm³/mol. The van der Waals surface area contributed by atoms with Crippen LogP contribution in [0.15, 0.2) is 60.7 Å². The van der Waals surface area contributed by atoms with Crippen LogP contribution in [0.1, 0.15) is 27.4 Å². The largest absolute Gasteiger partial charge is 0.497 e. The molecule has 2 aromatic carbocycles. The van der Waals surface area contributed by atoms with Gasteiger partial charge in [-0.1, -0.05) is 29.3 Å². The van der Waals surface area contributed by atoms with Gasteiger partial charge >= 0.3 is 6.18 Å². The van der Waals surface area contributed by atoms with Crippen molar-refractivity contribution in [3.63, 3.8) is 0 Å². The number of rotatable bonds is 6. The van der Waals surface area contributed by atoms with E-state index in [9.17, 15) is 18.0 Å². The van der Waals surface area contributed by atoms with Gasteiger partial charge in [-0.05, 0) is 55.0 Å². The fraction of sp³-hybridized carbons (Fsp3) is 0.154. The number of aromatic nitrogens is 5. The van der Waals surface area contributed by atoms with Gasteiger partial charge in [0.05, 0.1) is 29.4 Å². The van der Waals surface area contributed by atoms with Crippen LogP contribution in [0, 0.1) is 6.92 Å². The van der Waals surface area contributed by atoms with Crippen molar-refractivity contribution < 1.29 is 22.7 Å². The molecule has 0 saturated carbocycles. The van der Waals surface area contributed by atoms with Crippen molar-refractivity contribution in [1.82, 2.24) is 24.4 Å². The van der Waals surface area contributed by atoms with Crippen molar-refractivity contribution in [1.29, 1.82) is 0 Å². The molecule has 0 bridgehead atoms. The van der Waals surface area contributed by atoms with E-state index in [2.05, 4.69) is 20.5 Å². The molecule has 5 aromatic rings. The summed E-state index contributed by atoms with van der Waals surface area (Å²) < 4.78 is 49.1. The minimum absolute atomic E-state index is 0.0704. The summed E-state index contributed by atoms with van der Waals surface area (Å²) in [6, 6.07) is 15.3. The fourth-order valence-corrected chi connectivity index (χ4v) is 4.24. The fourth-order valence-electron chi connectivity index (χ4n) is 3.92. The maximum atomic E-state index is 13.9. The van der Waals surface area contributed by atoms with Crippen LogP contribution in [0.3, 0.4) is 0 Å². The lowest BCUT2D eigenvalue weighted by atomic mass is 10.1. The van der Waals surface area contributed by atoms with Gasteiger partial charge in [-0.2, -0.15) is 23.4 Å². The summed E-state index contributed by atoms with van der Waals surface area (Å²) in [7, 11) is 1.49. The zero-order valence-corrected chi connectivity index (χ0v) is 21.9. The number of hydrogen-bond donors (Lipinski definition) is 1. The molecule has 0 unspecified atom stereocenters. The number of methoxy groups -OCH3 is 1. The van der Waals surface area contributed by atoms with Gasteiger partial charge in [-0.15, -0.1) is 0 Å². The molecule has 3 heterocycles. The molecule has 0 aliphatic carbocycles. The van der Waals surface area contributed by atoms with Gasteiger partial charge < -0.3 is 10.1 Å². The Morgan fingerprint density at radius 1 is 1.00 bits per heavy atom. The molecular weight excluding hydrogens is 556 g/mol. The highest BCUT2D eigenvalue weighted by Gasteiger charge is 2.35. The first-order chi connectivity index (χ1) is 18.5. The second-order valence-electron chi connectivity index (χ2n) is 8.58. The van der Waals surface area contributed by atoms with Gasteiger partial charge in [0.25, 0.3) is 5.91 Å². The summed E-state index contributed by atoms with van der Waals surface area (Å²) >= 11 is 12.1. The quantitative estimate of drug-likeness (QED) is 0.249. The van der Waals surface area contributed by atoms with Crippen molar-refractivity contribution in [3.8, 4) is 17.0 Å². The minimum atomic E-state index is -4.75. The summed E-state index contributed by atoms with van der Waals surface area (Å²) in [6.45, 7) is 2.16. The third kappa shape index (κ3) is 5.55. The molecule has 0 fully saturated rings. The smallest absolute Gasteiger partial charge is 0.433 e. The van der Waals surface area contributed by atoms with Gasteiger partial charge in [0.1, 0.15) is 5.75 Å². The highest BCUT2D eigenvalue weighted by atomic mass is 35.5. The zero-order valence-electron chi connectivity index (χ0n) is 20.4. The Balaban J connectivity index is 1.43. The molecule has 0 atom stereocenters. The first kappa shape index (κ1) is 26.5. The Hall–Kier alpha value is -4.09. The Morgan fingerprint density at radius 2 is 1.74 bits per heavy atom. The van der Waals surface area contributed by atoms with E-state index < -0.39 is 17.8 Å². The van der Waals surface area contributed by atoms with Crippen LogP contribution in [0.25, 0.3) is 16.9 Å². The van der Waals surface area contributed by atoms with Gasteiger partial charge in [-0.25, -0.2) is 9.50 Å². The molecule has 0 spiro atoms. The Labute approximate surface area is 229 Å². The molecule has 1 amide bonds. The average molecular weight is 575 g/mol. The van der Waals surface area contributed by atoms with E-state index in [0.29, 0.717) is 32.4 Å². The second-order valence-corrected chi connectivity index (χ2v) is 9.40. The molecule has 0 aliphatic heterocycles. The van der Waals surface area contributed by atoms with Gasteiger partial charge in [-0.3, -0.25) is 9.48 Å². The van der Waals surface area contributed by atoms with E-state index in [-0.39, 0.29) is 22.9 Å². The lowest BCUT2D eigenvalue weighted by Gasteiger charge is -2.11. The first-order valence-corrected chi connectivity index (χ1v) is 12.2. The number of aryl methyl sites for hydroxylation is 1. The van der Waals surface area contributed by atoms with Crippen molar-refractivity contribution in [3.05, 3.63) is 93.4 Å². The zero-order chi connectivity index (χ0) is 27.9. The average Bonchev–Trinajstić information content (AvgIpc) is 3.48. The number of alkyl halides is 3. The van der Waals surface area contributed by atoms with Crippen LogP contribution in [-0.2, 0) is 12.7 Å². The number of ether oxygens (including phenoxy) is 1. The predicted octanol–water partition coefficient (Wildman–Crippen LogP) is 6.54. The van der Waals surface area contributed by atoms with E-state index >= 15 is 0 Å².